The molecule has 1 unspecified atom stereocenters. The molecule has 1 atom stereocenters. The van der Waals surface area contributed by atoms with Gasteiger partial charge in [-0.1, -0.05) is 54.4 Å². The van der Waals surface area contributed by atoms with Crippen LogP contribution in [0.15, 0.2) is 42.5 Å². The van der Waals surface area contributed by atoms with Gasteiger partial charge >= 0.3 is 0 Å². The van der Waals surface area contributed by atoms with Crippen molar-refractivity contribution >= 4 is 27.5 Å². The molecule has 33 heavy (non-hydrogen) atoms. The Hall–Kier alpha value is -2.87. The van der Waals surface area contributed by atoms with E-state index in [1.54, 1.807) is 13.0 Å². The SMILES string of the molecule is CCCNC(=O)C(C)N(Cc1ccc(C)cc1)C(=O)CN(c1ccc(C)cc1C)S(C)(=O)=O. The first-order chi connectivity index (χ1) is 15.4. The third-order valence-electron chi connectivity index (χ3n) is 5.49. The Morgan fingerprint density at radius 2 is 1.61 bits per heavy atom. The lowest BCUT2D eigenvalue weighted by Gasteiger charge is -2.32. The molecule has 7 nitrogen and oxygen atoms in total. The molecule has 8 heteroatoms. The van der Waals surface area contributed by atoms with Crippen LogP contribution in [-0.2, 0) is 26.2 Å². The molecule has 2 aromatic rings. The van der Waals surface area contributed by atoms with E-state index in [0.29, 0.717) is 12.2 Å². The summed E-state index contributed by atoms with van der Waals surface area (Å²) >= 11 is 0. The number of amides is 2. The van der Waals surface area contributed by atoms with Crippen LogP contribution in [0.3, 0.4) is 0 Å². The first kappa shape index (κ1) is 26.4. The van der Waals surface area contributed by atoms with Crippen molar-refractivity contribution in [3.8, 4) is 0 Å². The van der Waals surface area contributed by atoms with Gasteiger partial charge in [-0.25, -0.2) is 8.42 Å². The molecular formula is C25H35N3O4S. The second-order valence-electron chi connectivity index (χ2n) is 8.53. The summed E-state index contributed by atoms with van der Waals surface area (Å²) in [6.07, 6.45) is 1.86. The second kappa shape index (κ2) is 11.3. The summed E-state index contributed by atoms with van der Waals surface area (Å²) in [6.45, 7) is 9.65. The minimum absolute atomic E-state index is 0.199. The van der Waals surface area contributed by atoms with Gasteiger partial charge in [0.2, 0.25) is 21.8 Å². The average Bonchev–Trinajstić information content (AvgIpc) is 2.74. The molecule has 0 fully saturated rings. The van der Waals surface area contributed by atoms with Crippen LogP contribution < -0.4 is 9.62 Å². The molecule has 0 heterocycles. The topological polar surface area (TPSA) is 86.8 Å². The maximum Gasteiger partial charge on any atom is 0.244 e. The minimum atomic E-state index is -3.74. The van der Waals surface area contributed by atoms with Crippen LogP contribution in [0.5, 0.6) is 0 Å². The molecule has 2 aromatic carbocycles. The number of nitrogens with one attached hydrogen (secondary N) is 1. The fourth-order valence-electron chi connectivity index (χ4n) is 3.55. The lowest BCUT2D eigenvalue weighted by Crippen LogP contribution is -2.51. The zero-order valence-corrected chi connectivity index (χ0v) is 21.2. The van der Waals surface area contributed by atoms with Crippen LogP contribution in [0.2, 0.25) is 0 Å². The Labute approximate surface area is 197 Å². The van der Waals surface area contributed by atoms with Crippen molar-refractivity contribution < 1.29 is 18.0 Å². The third kappa shape index (κ3) is 7.32. The Bertz CT molecular complexity index is 1080. The predicted molar refractivity (Wildman–Crippen MR) is 133 cm³/mol. The van der Waals surface area contributed by atoms with E-state index in [4.69, 9.17) is 0 Å². The molecule has 0 spiro atoms. The first-order valence-electron chi connectivity index (χ1n) is 11.1. The fourth-order valence-corrected chi connectivity index (χ4v) is 4.46. The summed E-state index contributed by atoms with van der Waals surface area (Å²) in [5.74, 6) is -0.713. The highest BCUT2D eigenvalue weighted by atomic mass is 32.2. The van der Waals surface area contributed by atoms with Crippen molar-refractivity contribution in [1.29, 1.82) is 0 Å². The summed E-state index contributed by atoms with van der Waals surface area (Å²) in [5.41, 5.74) is 4.16. The Morgan fingerprint density at radius 1 is 1.00 bits per heavy atom. The third-order valence-corrected chi connectivity index (χ3v) is 6.62. The summed E-state index contributed by atoms with van der Waals surface area (Å²) < 4.78 is 26.4. The van der Waals surface area contributed by atoms with Crippen LogP contribution in [-0.4, -0.2) is 50.5 Å². The quantitative estimate of drug-likeness (QED) is 0.574. The highest BCUT2D eigenvalue weighted by molar-refractivity contribution is 7.92. The lowest BCUT2D eigenvalue weighted by atomic mass is 10.1. The van der Waals surface area contributed by atoms with Crippen LogP contribution in [0.1, 0.15) is 42.5 Å². The van der Waals surface area contributed by atoms with E-state index in [1.165, 1.54) is 4.90 Å². The van der Waals surface area contributed by atoms with Gasteiger partial charge in [-0.15, -0.1) is 0 Å². The fraction of sp³-hybridized carbons (Fsp3) is 0.440. The normalized spacial score (nSPS) is 12.2. The zero-order valence-electron chi connectivity index (χ0n) is 20.4. The smallest absolute Gasteiger partial charge is 0.244 e. The number of hydrogen-bond donors (Lipinski definition) is 1. The van der Waals surface area contributed by atoms with Crippen LogP contribution in [0, 0.1) is 20.8 Å². The van der Waals surface area contributed by atoms with Crippen molar-refractivity contribution in [2.45, 2.75) is 53.6 Å². The molecule has 2 amide bonds. The second-order valence-corrected chi connectivity index (χ2v) is 10.4. The van der Waals surface area contributed by atoms with E-state index >= 15 is 0 Å². The van der Waals surface area contributed by atoms with Crippen molar-refractivity contribution in [3.05, 3.63) is 64.7 Å². The number of rotatable bonds is 10. The van der Waals surface area contributed by atoms with E-state index in [2.05, 4.69) is 5.32 Å². The maximum absolute atomic E-state index is 13.5. The summed E-state index contributed by atoms with van der Waals surface area (Å²) in [5, 5.41) is 2.83. The van der Waals surface area contributed by atoms with Gasteiger partial charge in [-0.2, -0.15) is 0 Å². The largest absolute Gasteiger partial charge is 0.354 e. The lowest BCUT2D eigenvalue weighted by molar-refractivity contribution is -0.139. The van der Waals surface area contributed by atoms with Crippen molar-refractivity contribution in [2.75, 3.05) is 23.7 Å². The molecule has 1 N–H and O–H groups in total. The van der Waals surface area contributed by atoms with Crippen LogP contribution >= 0.6 is 0 Å². The summed E-state index contributed by atoms with van der Waals surface area (Å²) in [6, 6.07) is 12.3. The molecule has 0 radical (unpaired) electrons. The molecule has 0 saturated heterocycles. The monoisotopic (exact) mass is 473 g/mol. The Kier molecular flexibility index (Phi) is 9.05. The summed E-state index contributed by atoms with van der Waals surface area (Å²) in [7, 11) is -3.74. The maximum atomic E-state index is 13.5. The van der Waals surface area contributed by atoms with Gasteiger partial charge in [-0.3, -0.25) is 13.9 Å². The molecule has 0 aliphatic rings. The van der Waals surface area contributed by atoms with Gasteiger partial charge in [-0.05, 0) is 51.3 Å². The number of anilines is 1. The van der Waals surface area contributed by atoms with E-state index in [1.807, 2.05) is 64.1 Å². The van der Waals surface area contributed by atoms with Crippen molar-refractivity contribution in [1.82, 2.24) is 10.2 Å². The zero-order chi connectivity index (χ0) is 24.8. The van der Waals surface area contributed by atoms with E-state index in [0.717, 1.165) is 39.2 Å². The Morgan fingerprint density at radius 3 is 2.15 bits per heavy atom. The molecular weight excluding hydrogens is 438 g/mol. The summed E-state index contributed by atoms with van der Waals surface area (Å²) in [4.78, 5) is 27.6. The molecule has 0 bridgehead atoms. The number of carbonyl (C=O) groups is 2. The highest BCUT2D eigenvalue weighted by Gasteiger charge is 2.30. The number of hydrogen-bond acceptors (Lipinski definition) is 4. The molecule has 0 aliphatic heterocycles. The number of benzene rings is 2. The first-order valence-corrected chi connectivity index (χ1v) is 13.0. The van der Waals surface area contributed by atoms with Gasteiger partial charge in [0.15, 0.2) is 0 Å². The molecule has 2 rings (SSSR count). The highest BCUT2D eigenvalue weighted by Crippen LogP contribution is 2.24. The van der Waals surface area contributed by atoms with Crippen molar-refractivity contribution in [3.63, 3.8) is 0 Å². The molecule has 180 valence electrons. The van der Waals surface area contributed by atoms with E-state index < -0.39 is 22.0 Å². The molecule has 0 saturated carbocycles. The number of nitrogens with zero attached hydrogens (tertiary/aromatic N) is 2. The van der Waals surface area contributed by atoms with Gasteiger partial charge in [0.05, 0.1) is 11.9 Å². The van der Waals surface area contributed by atoms with Crippen LogP contribution in [0.25, 0.3) is 0 Å². The predicted octanol–water partition coefficient (Wildman–Crippen LogP) is 3.32. The number of sulfonamides is 1. The molecule has 0 aliphatic carbocycles. The van der Waals surface area contributed by atoms with Gasteiger partial charge in [0.1, 0.15) is 12.6 Å². The van der Waals surface area contributed by atoms with Gasteiger partial charge < -0.3 is 10.2 Å². The van der Waals surface area contributed by atoms with Gasteiger partial charge in [0, 0.05) is 13.1 Å². The minimum Gasteiger partial charge on any atom is -0.354 e. The standard InChI is InChI=1S/C25H35N3O4S/c1-7-14-26-25(30)21(5)27(16-22-11-8-18(2)9-12-22)24(29)17-28(33(6,31)32)23-13-10-19(3)15-20(23)4/h8-13,15,21H,7,14,16-17H2,1-6H3,(H,26,30). The van der Waals surface area contributed by atoms with E-state index in [-0.39, 0.29) is 19.0 Å². The van der Waals surface area contributed by atoms with Gasteiger partial charge in [0.25, 0.3) is 0 Å². The molecule has 0 aromatic heterocycles. The number of carbonyl (C=O) groups excluding carboxylic acids is 2. The number of aryl methyl sites for hydroxylation is 3. The van der Waals surface area contributed by atoms with Crippen LogP contribution in [0.4, 0.5) is 5.69 Å². The Balaban J connectivity index is 2.39. The average molecular weight is 474 g/mol. The van der Waals surface area contributed by atoms with Crippen molar-refractivity contribution in [2.24, 2.45) is 0 Å². The van der Waals surface area contributed by atoms with E-state index in [9.17, 15) is 18.0 Å².